The average molecular weight is 351 g/mol. The third-order valence-electron chi connectivity index (χ3n) is 3.15. The van der Waals surface area contributed by atoms with Crippen LogP contribution in [0.3, 0.4) is 0 Å². The molecule has 0 aliphatic heterocycles. The maximum Gasteiger partial charge on any atom is 0.268 e. The van der Waals surface area contributed by atoms with Crippen LogP contribution in [0, 0.1) is 0 Å². The molecule has 1 fully saturated rings. The monoisotopic (exact) mass is 349 g/mol. The van der Waals surface area contributed by atoms with E-state index in [0.717, 1.165) is 35.0 Å². The molecular formula is C11H13BrClN3OS. The van der Waals surface area contributed by atoms with Crippen LogP contribution in [0.15, 0.2) is 20.4 Å². The van der Waals surface area contributed by atoms with Crippen molar-refractivity contribution >= 4 is 39.7 Å². The molecule has 2 N–H and O–H groups in total. The van der Waals surface area contributed by atoms with E-state index in [2.05, 4.69) is 26.1 Å². The zero-order valence-electron chi connectivity index (χ0n) is 9.56. The van der Waals surface area contributed by atoms with E-state index in [-0.39, 0.29) is 17.9 Å². The Labute approximate surface area is 123 Å². The lowest BCUT2D eigenvalue weighted by Crippen LogP contribution is -2.34. The minimum Gasteiger partial charge on any atom is -0.333 e. The highest BCUT2D eigenvalue weighted by molar-refractivity contribution is 9.10. The summed E-state index contributed by atoms with van der Waals surface area (Å²) in [6, 6.07) is 1.97. The molecule has 98 valence electrons. The summed E-state index contributed by atoms with van der Waals surface area (Å²) in [6.07, 6.45) is 4.18. The Morgan fingerprint density at radius 1 is 1.39 bits per heavy atom. The normalized spacial score (nSPS) is 17.7. The summed E-state index contributed by atoms with van der Waals surface area (Å²) >= 11 is 4.98. The Morgan fingerprint density at radius 2 is 2.11 bits per heavy atom. The summed E-state index contributed by atoms with van der Waals surface area (Å²) in [5.74, 6) is 1.21. The quantitative estimate of drug-likeness (QED) is 0.896. The first-order valence-electron chi connectivity index (χ1n) is 5.55. The van der Waals surface area contributed by atoms with Gasteiger partial charge in [0.05, 0.1) is 10.4 Å². The molecule has 7 heteroatoms. The van der Waals surface area contributed by atoms with Crippen molar-refractivity contribution in [2.75, 3.05) is 0 Å². The van der Waals surface area contributed by atoms with Gasteiger partial charge in [0.25, 0.3) is 5.89 Å². The van der Waals surface area contributed by atoms with Gasteiger partial charge >= 0.3 is 0 Å². The van der Waals surface area contributed by atoms with Crippen LogP contribution in [-0.2, 0) is 5.54 Å². The largest absolute Gasteiger partial charge is 0.333 e. The van der Waals surface area contributed by atoms with Crippen LogP contribution < -0.4 is 5.73 Å². The Bertz CT molecular complexity index is 536. The van der Waals surface area contributed by atoms with Crippen molar-refractivity contribution in [3.8, 4) is 10.8 Å². The second-order valence-corrected chi connectivity index (χ2v) is 6.24. The van der Waals surface area contributed by atoms with E-state index in [1.54, 1.807) is 11.3 Å². The topological polar surface area (TPSA) is 64.9 Å². The van der Waals surface area contributed by atoms with Crippen LogP contribution in [0.2, 0.25) is 0 Å². The smallest absolute Gasteiger partial charge is 0.268 e. The molecule has 0 saturated heterocycles. The predicted molar refractivity (Wildman–Crippen MR) is 76.9 cm³/mol. The number of nitrogens with zero attached hydrogens (tertiary/aromatic N) is 2. The van der Waals surface area contributed by atoms with Gasteiger partial charge in [-0.1, -0.05) is 18.0 Å². The van der Waals surface area contributed by atoms with Gasteiger partial charge in [0.15, 0.2) is 5.82 Å². The summed E-state index contributed by atoms with van der Waals surface area (Å²) in [4.78, 5) is 5.40. The number of thiophene rings is 1. The van der Waals surface area contributed by atoms with Gasteiger partial charge in [-0.05, 0) is 34.8 Å². The van der Waals surface area contributed by atoms with Crippen LogP contribution in [0.25, 0.3) is 10.8 Å². The fourth-order valence-corrected chi connectivity index (χ4v) is 3.53. The zero-order valence-corrected chi connectivity index (χ0v) is 12.8. The van der Waals surface area contributed by atoms with E-state index in [9.17, 15) is 0 Å². The molecule has 18 heavy (non-hydrogen) atoms. The van der Waals surface area contributed by atoms with Crippen molar-refractivity contribution in [1.82, 2.24) is 10.1 Å². The molecule has 4 nitrogen and oxygen atoms in total. The molecule has 3 rings (SSSR count). The Balaban J connectivity index is 0.00000120. The Hall–Kier alpha value is -0.430. The van der Waals surface area contributed by atoms with E-state index in [1.165, 1.54) is 0 Å². The van der Waals surface area contributed by atoms with Crippen LogP contribution in [0.5, 0.6) is 0 Å². The van der Waals surface area contributed by atoms with Crippen molar-refractivity contribution in [2.24, 2.45) is 5.73 Å². The maximum atomic E-state index is 6.29. The van der Waals surface area contributed by atoms with Gasteiger partial charge in [-0.15, -0.1) is 23.7 Å². The van der Waals surface area contributed by atoms with Crippen molar-refractivity contribution in [2.45, 2.75) is 31.2 Å². The Kier molecular flexibility index (Phi) is 4.11. The second-order valence-electron chi connectivity index (χ2n) is 4.42. The van der Waals surface area contributed by atoms with Crippen molar-refractivity contribution in [3.05, 3.63) is 21.7 Å². The molecule has 0 aromatic carbocycles. The molecule has 1 saturated carbocycles. The number of hydrogen-bond acceptors (Lipinski definition) is 5. The molecule has 0 atom stereocenters. The predicted octanol–water partition coefficient (Wildman–Crippen LogP) is 3.71. The molecule has 1 aliphatic carbocycles. The summed E-state index contributed by atoms with van der Waals surface area (Å²) in [5, 5.41) is 6.03. The molecule has 0 spiro atoms. The molecule has 0 unspecified atom stereocenters. The molecule has 2 aromatic rings. The fourth-order valence-electron chi connectivity index (χ4n) is 2.18. The first-order valence-corrected chi connectivity index (χ1v) is 7.22. The first kappa shape index (κ1) is 14.0. The van der Waals surface area contributed by atoms with Gasteiger partial charge in [-0.3, -0.25) is 0 Å². The Morgan fingerprint density at radius 3 is 2.72 bits per heavy atom. The summed E-state index contributed by atoms with van der Waals surface area (Å²) in [5.41, 5.74) is 5.91. The van der Waals surface area contributed by atoms with Gasteiger partial charge in [0, 0.05) is 9.85 Å². The summed E-state index contributed by atoms with van der Waals surface area (Å²) in [7, 11) is 0. The van der Waals surface area contributed by atoms with Crippen LogP contribution in [-0.4, -0.2) is 10.1 Å². The lowest BCUT2D eigenvalue weighted by molar-refractivity contribution is 0.373. The number of aromatic nitrogens is 2. The molecule has 0 radical (unpaired) electrons. The molecule has 0 bridgehead atoms. The van der Waals surface area contributed by atoms with E-state index < -0.39 is 0 Å². The lowest BCUT2D eigenvalue weighted by Gasteiger charge is -2.17. The van der Waals surface area contributed by atoms with Gasteiger partial charge in [-0.2, -0.15) is 4.98 Å². The fraction of sp³-hybridized carbons (Fsp3) is 0.455. The van der Waals surface area contributed by atoms with Crippen LogP contribution >= 0.6 is 39.7 Å². The standard InChI is InChI=1S/C11H12BrN3OS.ClH/c12-7-5-8(17-6-7)9-14-10(15-16-9)11(13)3-1-2-4-11;/h5-6H,1-4,13H2;1H. The minimum atomic E-state index is -0.379. The molecular weight excluding hydrogens is 338 g/mol. The molecule has 1 aliphatic rings. The highest BCUT2D eigenvalue weighted by Gasteiger charge is 2.36. The van der Waals surface area contributed by atoms with Gasteiger partial charge in [0.2, 0.25) is 0 Å². The first-order chi connectivity index (χ1) is 8.17. The third-order valence-corrected chi connectivity index (χ3v) is 4.82. The van der Waals surface area contributed by atoms with Gasteiger partial charge in [0.1, 0.15) is 0 Å². The van der Waals surface area contributed by atoms with E-state index in [1.807, 2.05) is 11.4 Å². The maximum absolute atomic E-state index is 6.29. The number of rotatable bonds is 2. The third kappa shape index (κ3) is 2.47. The number of hydrogen-bond donors (Lipinski definition) is 1. The van der Waals surface area contributed by atoms with Gasteiger partial charge < -0.3 is 10.3 Å². The van der Waals surface area contributed by atoms with Crippen LogP contribution in [0.4, 0.5) is 0 Å². The number of nitrogens with two attached hydrogens (primary N) is 1. The molecule has 0 amide bonds. The highest BCUT2D eigenvalue weighted by Crippen LogP contribution is 2.36. The van der Waals surface area contributed by atoms with Crippen molar-refractivity contribution in [3.63, 3.8) is 0 Å². The van der Waals surface area contributed by atoms with Crippen molar-refractivity contribution in [1.29, 1.82) is 0 Å². The highest BCUT2D eigenvalue weighted by atomic mass is 79.9. The van der Waals surface area contributed by atoms with Crippen LogP contribution in [0.1, 0.15) is 31.5 Å². The average Bonchev–Trinajstić information content (AvgIpc) is 2.96. The number of halogens is 2. The molecule has 2 aromatic heterocycles. The SMILES string of the molecule is Cl.NC1(c2noc(-c3cc(Br)cs3)n2)CCCC1. The van der Waals surface area contributed by atoms with E-state index in [0.29, 0.717) is 11.7 Å². The second kappa shape index (κ2) is 5.28. The van der Waals surface area contributed by atoms with Crippen molar-refractivity contribution < 1.29 is 4.52 Å². The summed E-state index contributed by atoms with van der Waals surface area (Å²) < 4.78 is 6.32. The molecule has 2 heterocycles. The van der Waals surface area contributed by atoms with E-state index in [4.69, 9.17) is 10.3 Å². The minimum absolute atomic E-state index is 0. The lowest BCUT2D eigenvalue weighted by atomic mass is 9.99. The summed E-state index contributed by atoms with van der Waals surface area (Å²) in [6.45, 7) is 0. The van der Waals surface area contributed by atoms with Gasteiger partial charge in [-0.25, -0.2) is 0 Å². The zero-order chi connectivity index (χ0) is 11.9. The van der Waals surface area contributed by atoms with E-state index >= 15 is 0 Å².